The predicted octanol–water partition coefficient (Wildman–Crippen LogP) is 1.20. The molecule has 0 amide bonds. The summed E-state index contributed by atoms with van der Waals surface area (Å²) in [5, 5.41) is 8.65. The van der Waals surface area contributed by atoms with Crippen molar-refractivity contribution in [3.63, 3.8) is 0 Å². The van der Waals surface area contributed by atoms with E-state index in [0.29, 0.717) is 19.3 Å². The molecule has 0 aromatic heterocycles. The summed E-state index contributed by atoms with van der Waals surface area (Å²) >= 11 is 0. The van der Waals surface area contributed by atoms with E-state index in [4.69, 9.17) is 14.6 Å². The van der Waals surface area contributed by atoms with Gasteiger partial charge < -0.3 is 14.6 Å². The molecular weight excluding hydrogens is 224 g/mol. The SMILES string of the molecule is C=C(C)C(=O)OC(CCCCO)C(=O)OCC. The molecule has 0 bridgehead atoms. The summed E-state index contributed by atoms with van der Waals surface area (Å²) in [4.78, 5) is 22.8. The van der Waals surface area contributed by atoms with Crippen LogP contribution in [-0.2, 0) is 19.1 Å². The summed E-state index contributed by atoms with van der Waals surface area (Å²) < 4.78 is 9.79. The van der Waals surface area contributed by atoms with Crippen LogP contribution in [0.25, 0.3) is 0 Å². The van der Waals surface area contributed by atoms with Gasteiger partial charge in [0.05, 0.1) is 6.61 Å². The number of unbranched alkanes of at least 4 members (excludes halogenated alkanes) is 1. The largest absolute Gasteiger partial charge is 0.463 e. The molecule has 0 fully saturated rings. The van der Waals surface area contributed by atoms with Gasteiger partial charge in [-0.3, -0.25) is 0 Å². The molecular formula is C12H20O5. The van der Waals surface area contributed by atoms with Crippen LogP contribution in [0.15, 0.2) is 12.2 Å². The van der Waals surface area contributed by atoms with Crippen molar-refractivity contribution in [2.45, 2.75) is 39.2 Å². The van der Waals surface area contributed by atoms with E-state index in [0.717, 1.165) is 0 Å². The van der Waals surface area contributed by atoms with Crippen molar-refractivity contribution in [2.75, 3.05) is 13.2 Å². The average molecular weight is 244 g/mol. The zero-order valence-corrected chi connectivity index (χ0v) is 10.4. The monoisotopic (exact) mass is 244 g/mol. The molecule has 0 heterocycles. The van der Waals surface area contributed by atoms with Gasteiger partial charge in [-0.2, -0.15) is 0 Å². The first-order valence-corrected chi connectivity index (χ1v) is 5.66. The molecule has 5 nitrogen and oxygen atoms in total. The topological polar surface area (TPSA) is 72.8 Å². The van der Waals surface area contributed by atoms with Crippen molar-refractivity contribution >= 4 is 11.9 Å². The summed E-state index contributed by atoms with van der Waals surface area (Å²) in [6, 6.07) is 0. The third-order valence-electron chi connectivity index (χ3n) is 2.02. The standard InChI is InChI=1S/C12H20O5/c1-4-16-12(15)10(7-5-6-8-13)17-11(14)9(2)3/h10,13H,2,4-8H2,1,3H3. The highest BCUT2D eigenvalue weighted by Gasteiger charge is 2.23. The highest BCUT2D eigenvalue weighted by Crippen LogP contribution is 2.09. The molecule has 0 saturated carbocycles. The lowest BCUT2D eigenvalue weighted by Crippen LogP contribution is -2.29. The van der Waals surface area contributed by atoms with E-state index in [9.17, 15) is 9.59 Å². The molecule has 0 aliphatic carbocycles. The van der Waals surface area contributed by atoms with Gasteiger partial charge in [-0.05, 0) is 33.1 Å². The summed E-state index contributed by atoms with van der Waals surface area (Å²) in [6.45, 7) is 6.92. The number of ether oxygens (including phenoxy) is 2. The molecule has 1 N–H and O–H groups in total. The van der Waals surface area contributed by atoms with Gasteiger partial charge in [-0.15, -0.1) is 0 Å². The Kier molecular flexibility index (Phi) is 8.05. The maximum Gasteiger partial charge on any atom is 0.347 e. The van der Waals surface area contributed by atoms with E-state index < -0.39 is 18.0 Å². The Hall–Kier alpha value is -1.36. The molecule has 0 saturated heterocycles. The van der Waals surface area contributed by atoms with Crippen LogP contribution >= 0.6 is 0 Å². The molecule has 0 aliphatic heterocycles. The normalized spacial score (nSPS) is 11.7. The second-order valence-corrected chi connectivity index (χ2v) is 3.65. The zero-order valence-electron chi connectivity index (χ0n) is 10.4. The number of aliphatic hydroxyl groups is 1. The van der Waals surface area contributed by atoms with Crippen molar-refractivity contribution in [2.24, 2.45) is 0 Å². The van der Waals surface area contributed by atoms with Crippen LogP contribution in [0, 0.1) is 0 Å². The van der Waals surface area contributed by atoms with Crippen molar-refractivity contribution < 1.29 is 24.2 Å². The van der Waals surface area contributed by atoms with Gasteiger partial charge in [0.2, 0.25) is 0 Å². The number of hydrogen-bond donors (Lipinski definition) is 1. The lowest BCUT2D eigenvalue weighted by Gasteiger charge is -2.16. The van der Waals surface area contributed by atoms with E-state index in [-0.39, 0.29) is 18.8 Å². The molecule has 0 aromatic carbocycles. The van der Waals surface area contributed by atoms with Gasteiger partial charge in [0, 0.05) is 12.2 Å². The van der Waals surface area contributed by atoms with E-state index in [1.807, 2.05) is 0 Å². The van der Waals surface area contributed by atoms with Gasteiger partial charge in [-0.25, -0.2) is 9.59 Å². The molecule has 17 heavy (non-hydrogen) atoms. The maximum atomic E-state index is 11.5. The fourth-order valence-electron chi connectivity index (χ4n) is 1.13. The molecule has 0 aliphatic rings. The lowest BCUT2D eigenvalue weighted by atomic mass is 10.1. The molecule has 0 spiro atoms. The van der Waals surface area contributed by atoms with Crippen LogP contribution < -0.4 is 0 Å². The number of carbonyl (C=O) groups excluding carboxylic acids is 2. The number of hydrogen-bond acceptors (Lipinski definition) is 5. The smallest absolute Gasteiger partial charge is 0.347 e. The first-order chi connectivity index (χ1) is 8.02. The number of carbonyl (C=O) groups is 2. The minimum atomic E-state index is -0.911. The van der Waals surface area contributed by atoms with Crippen LogP contribution in [0.1, 0.15) is 33.1 Å². The second kappa shape index (κ2) is 8.75. The zero-order chi connectivity index (χ0) is 13.3. The van der Waals surface area contributed by atoms with Crippen molar-refractivity contribution in [1.29, 1.82) is 0 Å². The molecule has 0 aromatic rings. The maximum absolute atomic E-state index is 11.5. The summed E-state index contributed by atoms with van der Waals surface area (Å²) in [6.07, 6.45) is 0.577. The van der Waals surface area contributed by atoms with Gasteiger partial charge in [0.1, 0.15) is 0 Å². The van der Waals surface area contributed by atoms with E-state index in [1.165, 1.54) is 6.92 Å². The minimum Gasteiger partial charge on any atom is -0.463 e. The predicted molar refractivity (Wildman–Crippen MR) is 62.3 cm³/mol. The molecule has 5 heteroatoms. The quantitative estimate of drug-likeness (QED) is 0.394. The highest BCUT2D eigenvalue weighted by atomic mass is 16.6. The average Bonchev–Trinajstić information content (AvgIpc) is 2.27. The van der Waals surface area contributed by atoms with Gasteiger partial charge in [-0.1, -0.05) is 6.58 Å². The van der Waals surface area contributed by atoms with Crippen LogP contribution in [-0.4, -0.2) is 36.4 Å². The van der Waals surface area contributed by atoms with Crippen molar-refractivity contribution in [3.05, 3.63) is 12.2 Å². The minimum absolute atomic E-state index is 0.0456. The van der Waals surface area contributed by atoms with Crippen LogP contribution in [0.2, 0.25) is 0 Å². The second-order valence-electron chi connectivity index (χ2n) is 3.65. The number of aliphatic hydroxyl groups excluding tert-OH is 1. The Labute approximate surface area is 101 Å². The molecule has 1 atom stereocenters. The van der Waals surface area contributed by atoms with Gasteiger partial charge >= 0.3 is 11.9 Å². The number of esters is 2. The summed E-state index contributed by atoms with van der Waals surface area (Å²) in [5.41, 5.74) is 0.237. The van der Waals surface area contributed by atoms with E-state index in [2.05, 4.69) is 6.58 Å². The lowest BCUT2D eigenvalue weighted by molar-refractivity contribution is -0.165. The third-order valence-corrected chi connectivity index (χ3v) is 2.02. The first-order valence-electron chi connectivity index (χ1n) is 5.66. The van der Waals surface area contributed by atoms with E-state index >= 15 is 0 Å². The fourth-order valence-corrected chi connectivity index (χ4v) is 1.13. The molecule has 1 unspecified atom stereocenters. The Morgan fingerprint density at radius 2 is 2.00 bits per heavy atom. The number of rotatable bonds is 8. The summed E-state index contributed by atoms with van der Waals surface area (Å²) in [7, 11) is 0. The first kappa shape index (κ1) is 15.6. The summed E-state index contributed by atoms with van der Waals surface area (Å²) in [5.74, 6) is -1.16. The van der Waals surface area contributed by atoms with Gasteiger partial charge in [0.15, 0.2) is 6.10 Å². The third kappa shape index (κ3) is 6.73. The van der Waals surface area contributed by atoms with E-state index in [1.54, 1.807) is 6.92 Å². The van der Waals surface area contributed by atoms with Crippen LogP contribution in [0.5, 0.6) is 0 Å². The van der Waals surface area contributed by atoms with Crippen molar-refractivity contribution in [1.82, 2.24) is 0 Å². The van der Waals surface area contributed by atoms with Crippen molar-refractivity contribution in [3.8, 4) is 0 Å². The Morgan fingerprint density at radius 1 is 1.35 bits per heavy atom. The fraction of sp³-hybridized carbons (Fsp3) is 0.667. The highest BCUT2D eigenvalue weighted by molar-refractivity contribution is 5.89. The Morgan fingerprint density at radius 3 is 2.47 bits per heavy atom. The Balaban J connectivity index is 4.33. The Bertz CT molecular complexity index is 272. The van der Waals surface area contributed by atoms with Crippen LogP contribution in [0.4, 0.5) is 0 Å². The van der Waals surface area contributed by atoms with Gasteiger partial charge in [0.25, 0.3) is 0 Å². The van der Waals surface area contributed by atoms with Crippen LogP contribution in [0.3, 0.4) is 0 Å². The molecule has 98 valence electrons. The molecule has 0 rings (SSSR count). The molecule has 0 radical (unpaired) electrons.